The average Bonchev–Trinajstić information content (AvgIpc) is 2.07. The number of hydrogen-bond acceptors (Lipinski definition) is 3. The molecule has 0 unspecified atom stereocenters. The maximum Gasteiger partial charge on any atom is 0.126 e. The lowest BCUT2D eigenvalue weighted by atomic mass is 10.0. The van der Waals surface area contributed by atoms with Crippen LogP contribution in [0.2, 0.25) is 0 Å². The second-order valence-corrected chi connectivity index (χ2v) is 5.05. The van der Waals surface area contributed by atoms with Crippen LogP contribution in [0.4, 0.5) is 10.1 Å². The third-order valence-electron chi connectivity index (χ3n) is 2.55. The molecule has 2 rings (SSSR count). The van der Waals surface area contributed by atoms with Crippen LogP contribution in [0.5, 0.6) is 0 Å². The highest BCUT2D eigenvalue weighted by atomic mass is 32.2. The van der Waals surface area contributed by atoms with Gasteiger partial charge < -0.3 is 11.1 Å². The molecule has 1 aromatic rings. The van der Waals surface area contributed by atoms with E-state index in [0.29, 0.717) is 5.69 Å². The molecule has 0 aromatic heterocycles. The summed E-state index contributed by atoms with van der Waals surface area (Å²) >= 11 is 1.68. The molecule has 0 atom stereocenters. The van der Waals surface area contributed by atoms with Crippen molar-refractivity contribution in [3.63, 3.8) is 0 Å². The number of nitrogens with two attached hydrogens (primary N) is 1. The summed E-state index contributed by atoms with van der Waals surface area (Å²) in [7, 11) is 0. The van der Waals surface area contributed by atoms with E-state index in [1.54, 1.807) is 17.8 Å². The highest BCUT2D eigenvalue weighted by Gasteiger charge is 2.15. The molecule has 82 valence electrons. The van der Waals surface area contributed by atoms with E-state index in [2.05, 4.69) is 5.32 Å². The minimum atomic E-state index is -0.247. The van der Waals surface area contributed by atoms with Crippen molar-refractivity contribution in [1.82, 2.24) is 5.32 Å². The van der Waals surface area contributed by atoms with E-state index in [1.807, 2.05) is 6.07 Å². The lowest BCUT2D eigenvalue weighted by molar-refractivity contribution is 0.341. The lowest BCUT2D eigenvalue weighted by Gasteiger charge is -2.26. The number of rotatable bonds is 4. The largest absolute Gasteiger partial charge is 0.399 e. The van der Waals surface area contributed by atoms with Crippen LogP contribution in [0, 0.1) is 11.7 Å². The SMILES string of the molecule is Nc1cc(F)cc(SCCC2CNC2)c1. The normalized spacial score (nSPS) is 16.3. The Hall–Kier alpha value is -0.740. The van der Waals surface area contributed by atoms with Crippen LogP contribution >= 0.6 is 11.8 Å². The number of thioether (sulfide) groups is 1. The number of hydrogen-bond donors (Lipinski definition) is 2. The van der Waals surface area contributed by atoms with Crippen LogP contribution in [-0.2, 0) is 0 Å². The first-order valence-electron chi connectivity index (χ1n) is 5.13. The Bertz CT molecular complexity index is 319. The van der Waals surface area contributed by atoms with Gasteiger partial charge in [0.2, 0.25) is 0 Å². The van der Waals surface area contributed by atoms with Gasteiger partial charge in [0.15, 0.2) is 0 Å². The molecule has 4 heteroatoms. The fourth-order valence-corrected chi connectivity index (χ4v) is 2.67. The van der Waals surface area contributed by atoms with Gasteiger partial charge in [-0.2, -0.15) is 0 Å². The number of benzene rings is 1. The Morgan fingerprint density at radius 2 is 2.20 bits per heavy atom. The molecule has 3 N–H and O–H groups in total. The zero-order valence-electron chi connectivity index (χ0n) is 8.50. The van der Waals surface area contributed by atoms with Crippen molar-refractivity contribution in [3.8, 4) is 0 Å². The van der Waals surface area contributed by atoms with E-state index in [1.165, 1.54) is 12.5 Å². The molecule has 0 radical (unpaired) electrons. The van der Waals surface area contributed by atoms with Gasteiger partial charge in [0.1, 0.15) is 5.82 Å². The lowest BCUT2D eigenvalue weighted by Crippen LogP contribution is -2.42. The Balaban J connectivity index is 1.81. The van der Waals surface area contributed by atoms with Gasteiger partial charge in [-0.1, -0.05) is 0 Å². The van der Waals surface area contributed by atoms with Crippen molar-refractivity contribution in [2.75, 3.05) is 24.6 Å². The molecule has 0 amide bonds. The van der Waals surface area contributed by atoms with Crippen LogP contribution < -0.4 is 11.1 Å². The Kier molecular flexibility index (Phi) is 3.49. The summed E-state index contributed by atoms with van der Waals surface area (Å²) in [4.78, 5) is 0.930. The molecule has 0 saturated carbocycles. The third kappa shape index (κ3) is 3.11. The maximum atomic E-state index is 13.0. The fourth-order valence-electron chi connectivity index (χ4n) is 1.56. The van der Waals surface area contributed by atoms with Crippen LogP contribution in [0.25, 0.3) is 0 Å². The summed E-state index contributed by atoms with van der Waals surface area (Å²) in [5.41, 5.74) is 6.07. The number of nitrogen functional groups attached to an aromatic ring is 1. The first kappa shape index (κ1) is 10.8. The van der Waals surface area contributed by atoms with Crippen molar-refractivity contribution in [2.45, 2.75) is 11.3 Å². The van der Waals surface area contributed by atoms with Gasteiger partial charge in [-0.15, -0.1) is 11.8 Å². The van der Waals surface area contributed by atoms with E-state index in [4.69, 9.17) is 5.73 Å². The molecule has 0 bridgehead atoms. The Morgan fingerprint density at radius 1 is 1.40 bits per heavy atom. The first-order chi connectivity index (χ1) is 7.24. The fraction of sp³-hybridized carbons (Fsp3) is 0.455. The van der Waals surface area contributed by atoms with Gasteiger partial charge in [-0.05, 0) is 49.4 Å². The smallest absolute Gasteiger partial charge is 0.126 e. The van der Waals surface area contributed by atoms with Crippen molar-refractivity contribution in [3.05, 3.63) is 24.0 Å². The highest BCUT2D eigenvalue weighted by molar-refractivity contribution is 7.99. The Morgan fingerprint density at radius 3 is 2.80 bits per heavy atom. The molecule has 15 heavy (non-hydrogen) atoms. The summed E-state index contributed by atoms with van der Waals surface area (Å²) in [5, 5.41) is 3.24. The summed E-state index contributed by atoms with van der Waals surface area (Å²) < 4.78 is 13.0. The molecular weight excluding hydrogens is 211 g/mol. The van der Waals surface area contributed by atoms with Crippen LogP contribution in [0.3, 0.4) is 0 Å². The van der Waals surface area contributed by atoms with Crippen LogP contribution in [0.15, 0.2) is 23.1 Å². The second-order valence-electron chi connectivity index (χ2n) is 3.88. The molecule has 1 aliphatic heterocycles. The molecule has 2 nitrogen and oxygen atoms in total. The van der Waals surface area contributed by atoms with Gasteiger partial charge >= 0.3 is 0 Å². The summed E-state index contributed by atoms with van der Waals surface area (Å²) in [6.07, 6.45) is 1.19. The monoisotopic (exact) mass is 226 g/mol. The third-order valence-corrected chi connectivity index (χ3v) is 3.56. The molecular formula is C11H15FN2S. The molecule has 1 aliphatic rings. The molecule has 1 fully saturated rings. The number of anilines is 1. The van der Waals surface area contributed by atoms with E-state index >= 15 is 0 Å². The summed E-state index contributed by atoms with van der Waals surface area (Å²) in [5.74, 6) is 1.60. The van der Waals surface area contributed by atoms with Gasteiger partial charge in [0.25, 0.3) is 0 Å². The van der Waals surface area contributed by atoms with Crippen molar-refractivity contribution in [2.24, 2.45) is 5.92 Å². The van der Waals surface area contributed by atoms with Gasteiger partial charge in [0, 0.05) is 10.6 Å². The maximum absolute atomic E-state index is 13.0. The standard InChI is InChI=1S/C11H15FN2S/c12-9-3-10(13)5-11(4-9)15-2-1-8-6-14-7-8/h3-5,8,14H,1-2,6-7,13H2. The van der Waals surface area contributed by atoms with Crippen LogP contribution in [-0.4, -0.2) is 18.8 Å². The quantitative estimate of drug-likeness (QED) is 0.610. The minimum Gasteiger partial charge on any atom is -0.399 e. The highest BCUT2D eigenvalue weighted by Crippen LogP contribution is 2.24. The van der Waals surface area contributed by atoms with E-state index in [9.17, 15) is 4.39 Å². The zero-order chi connectivity index (χ0) is 10.7. The molecule has 0 spiro atoms. The van der Waals surface area contributed by atoms with E-state index in [0.717, 1.165) is 29.7 Å². The second kappa shape index (κ2) is 4.86. The van der Waals surface area contributed by atoms with Gasteiger partial charge in [-0.25, -0.2) is 4.39 Å². The predicted molar refractivity (Wildman–Crippen MR) is 62.5 cm³/mol. The number of halogens is 1. The molecule has 1 heterocycles. The topological polar surface area (TPSA) is 38.0 Å². The van der Waals surface area contributed by atoms with Crippen molar-refractivity contribution < 1.29 is 4.39 Å². The van der Waals surface area contributed by atoms with Crippen molar-refractivity contribution in [1.29, 1.82) is 0 Å². The Labute approximate surface area is 93.4 Å². The van der Waals surface area contributed by atoms with Gasteiger partial charge in [0.05, 0.1) is 0 Å². The zero-order valence-corrected chi connectivity index (χ0v) is 9.32. The molecule has 1 aromatic carbocycles. The van der Waals surface area contributed by atoms with E-state index < -0.39 is 0 Å². The first-order valence-corrected chi connectivity index (χ1v) is 6.12. The van der Waals surface area contributed by atoms with Gasteiger partial charge in [-0.3, -0.25) is 0 Å². The van der Waals surface area contributed by atoms with Crippen molar-refractivity contribution >= 4 is 17.4 Å². The molecule has 0 aliphatic carbocycles. The minimum absolute atomic E-state index is 0.247. The average molecular weight is 226 g/mol. The summed E-state index contributed by atoms with van der Waals surface area (Å²) in [6, 6.07) is 4.72. The van der Waals surface area contributed by atoms with E-state index in [-0.39, 0.29) is 5.82 Å². The predicted octanol–water partition coefficient (Wildman–Crippen LogP) is 2.11. The molecule has 1 saturated heterocycles. The van der Waals surface area contributed by atoms with Crippen LogP contribution in [0.1, 0.15) is 6.42 Å². The number of nitrogens with one attached hydrogen (secondary N) is 1. The summed E-state index contributed by atoms with van der Waals surface area (Å²) in [6.45, 7) is 2.26.